The van der Waals surface area contributed by atoms with E-state index in [4.69, 9.17) is 4.74 Å². The number of hydrogen-bond donors (Lipinski definition) is 1. The first-order valence-electron chi connectivity index (χ1n) is 6.48. The first-order chi connectivity index (χ1) is 8.26. The van der Waals surface area contributed by atoms with E-state index in [1.165, 1.54) is 12.1 Å². The summed E-state index contributed by atoms with van der Waals surface area (Å²) in [5.74, 6) is 0. The Kier molecular flexibility index (Phi) is 7.40. The van der Waals surface area contributed by atoms with Crippen LogP contribution in [0.25, 0.3) is 0 Å². The monoisotopic (exact) mass is 256 g/mol. The number of nitrogens with one attached hydrogen (secondary N) is 1. The molecule has 3 nitrogen and oxygen atoms in total. The Labute approximate surface area is 109 Å². The number of aryl methyl sites for hydroxylation is 1. The lowest BCUT2D eigenvalue weighted by molar-refractivity contribution is 0.136. The van der Waals surface area contributed by atoms with E-state index in [1.807, 2.05) is 6.92 Å². The molecule has 17 heavy (non-hydrogen) atoms. The highest BCUT2D eigenvalue weighted by Crippen LogP contribution is 2.11. The van der Waals surface area contributed by atoms with Gasteiger partial charge in [0.1, 0.15) is 0 Å². The van der Waals surface area contributed by atoms with Crippen molar-refractivity contribution in [2.75, 3.05) is 19.8 Å². The zero-order valence-corrected chi connectivity index (χ0v) is 12.0. The van der Waals surface area contributed by atoms with Crippen LogP contribution < -0.4 is 5.32 Å². The molecule has 0 radical (unpaired) electrons. The minimum absolute atomic E-state index is 0.489. The van der Waals surface area contributed by atoms with Gasteiger partial charge in [-0.05, 0) is 33.2 Å². The average molecular weight is 256 g/mol. The highest BCUT2D eigenvalue weighted by Gasteiger charge is 2.10. The maximum absolute atomic E-state index is 5.43. The van der Waals surface area contributed by atoms with Gasteiger partial charge in [0.05, 0.1) is 10.7 Å². The van der Waals surface area contributed by atoms with Gasteiger partial charge in [-0.1, -0.05) is 6.92 Å². The third kappa shape index (κ3) is 6.15. The Morgan fingerprint density at radius 3 is 2.88 bits per heavy atom. The highest BCUT2D eigenvalue weighted by molar-refractivity contribution is 7.09. The third-order valence-electron chi connectivity index (χ3n) is 2.62. The third-order valence-corrected chi connectivity index (χ3v) is 3.44. The van der Waals surface area contributed by atoms with Crippen LogP contribution in [-0.4, -0.2) is 30.8 Å². The Morgan fingerprint density at radius 1 is 1.47 bits per heavy atom. The van der Waals surface area contributed by atoms with Crippen molar-refractivity contribution >= 4 is 11.3 Å². The summed E-state index contributed by atoms with van der Waals surface area (Å²) in [6, 6.07) is 0.489. The summed E-state index contributed by atoms with van der Waals surface area (Å²) in [7, 11) is 0. The molecule has 0 saturated carbocycles. The van der Waals surface area contributed by atoms with Crippen molar-refractivity contribution in [1.82, 2.24) is 10.3 Å². The predicted octanol–water partition coefficient (Wildman–Crippen LogP) is 2.79. The normalized spacial score (nSPS) is 12.9. The van der Waals surface area contributed by atoms with Gasteiger partial charge in [0.2, 0.25) is 0 Å². The smallest absolute Gasteiger partial charge is 0.0897 e. The quantitative estimate of drug-likeness (QED) is 0.690. The molecule has 4 heteroatoms. The molecule has 0 aliphatic heterocycles. The summed E-state index contributed by atoms with van der Waals surface area (Å²) in [5.41, 5.74) is 1.21. The molecule has 1 heterocycles. The van der Waals surface area contributed by atoms with E-state index >= 15 is 0 Å². The van der Waals surface area contributed by atoms with Gasteiger partial charge in [-0.15, -0.1) is 11.3 Å². The number of aromatic nitrogens is 1. The van der Waals surface area contributed by atoms with E-state index in [9.17, 15) is 0 Å². The Bertz CT molecular complexity index is 301. The van der Waals surface area contributed by atoms with Gasteiger partial charge in [0.15, 0.2) is 0 Å². The molecule has 0 spiro atoms. The maximum Gasteiger partial charge on any atom is 0.0897 e. The minimum Gasteiger partial charge on any atom is -0.382 e. The lowest BCUT2D eigenvalue weighted by atomic mass is 10.1. The largest absolute Gasteiger partial charge is 0.382 e. The summed E-state index contributed by atoms with van der Waals surface area (Å²) < 4.78 is 5.43. The van der Waals surface area contributed by atoms with Crippen LogP contribution in [-0.2, 0) is 11.2 Å². The topological polar surface area (TPSA) is 34.1 Å². The number of ether oxygens (including phenoxy) is 1. The number of thiazole rings is 1. The molecule has 1 atom stereocenters. The second kappa shape index (κ2) is 8.61. The van der Waals surface area contributed by atoms with E-state index in [1.54, 1.807) is 11.3 Å². The van der Waals surface area contributed by atoms with Crippen LogP contribution in [0.1, 0.15) is 37.4 Å². The van der Waals surface area contributed by atoms with Crippen LogP contribution in [0.2, 0.25) is 0 Å². The summed E-state index contributed by atoms with van der Waals surface area (Å²) in [4.78, 5) is 4.52. The van der Waals surface area contributed by atoms with E-state index in [-0.39, 0.29) is 0 Å². The summed E-state index contributed by atoms with van der Waals surface area (Å²) in [6.45, 7) is 9.00. The van der Waals surface area contributed by atoms with Crippen molar-refractivity contribution in [3.63, 3.8) is 0 Å². The van der Waals surface area contributed by atoms with Gasteiger partial charge < -0.3 is 10.1 Å². The Balaban J connectivity index is 2.38. The second-order valence-electron chi connectivity index (χ2n) is 4.20. The van der Waals surface area contributed by atoms with Gasteiger partial charge in [-0.2, -0.15) is 0 Å². The SMILES string of the molecule is CCCNC(CCOCC)Cc1csc(C)n1. The van der Waals surface area contributed by atoms with Crippen molar-refractivity contribution < 1.29 is 4.74 Å². The fraction of sp³-hybridized carbons (Fsp3) is 0.769. The molecule has 1 N–H and O–H groups in total. The fourth-order valence-corrected chi connectivity index (χ4v) is 2.37. The average Bonchev–Trinajstić information content (AvgIpc) is 2.72. The van der Waals surface area contributed by atoms with Crippen molar-refractivity contribution in [2.24, 2.45) is 0 Å². The minimum atomic E-state index is 0.489. The highest BCUT2D eigenvalue weighted by atomic mass is 32.1. The molecule has 0 aliphatic rings. The lowest BCUT2D eigenvalue weighted by Gasteiger charge is -2.17. The Morgan fingerprint density at radius 2 is 2.29 bits per heavy atom. The van der Waals surface area contributed by atoms with Crippen LogP contribution in [0.3, 0.4) is 0 Å². The standard InChI is InChI=1S/C13H24N2OS/c1-4-7-14-12(6-8-16-5-2)9-13-10-17-11(3)15-13/h10,12,14H,4-9H2,1-3H3. The van der Waals surface area contributed by atoms with Gasteiger partial charge >= 0.3 is 0 Å². The summed E-state index contributed by atoms with van der Waals surface area (Å²) in [5, 5.41) is 6.89. The molecule has 1 unspecified atom stereocenters. The summed E-state index contributed by atoms with van der Waals surface area (Å²) >= 11 is 1.73. The van der Waals surface area contributed by atoms with Crippen LogP contribution in [0.5, 0.6) is 0 Å². The van der Waals surface area contributed by atoms with Gasteiger partial charge in [-0.3, -0.25) is 0 Å². The zero-order chi connectivity index (χ0) is 12.5. The van der Waals surface area contributed by atoms with Crippen molar-refractivity contribution in [3.8, 4) is 0 Å². The van der Waals surface area contributed by atoms with Gasteiger partial charge in [0.25, 0.3) is 0 Å². The predicted molar refractivity (Wildman–Crippen MR) is 73.7 cm³/mol. The Hall–Kier alpha value is -0.450. The molecular weight excluding hydrogens is 232 g/mol. The number of rotatable bonds is 9. The van der Waals surface area contributed by atoms with Crippen LogP contribution >= 0.6 is 11.3 Å². The maximum atomic E-state index is 5.43. The van der Waals surface area contributed by atoms with Crippen LogP contribution in [0.4, 0.5) is 0 Å². The fourth-order valence-electron chi connectivity index (χ4n) is 1.75. The van der Waals surface area contributed by atoms with E-state index in [0.29, 0.717) is 6.04 Å². The molecule has 0 aromatic carbocycles. The molecule has 1 rings (SSSR count). The molecule has 0 bridgehead atoms. The first-order valence-corrected chi connectivity index (χ1v) is 7.36. The lowest BCUT2D eigenvalue weighted by Crippen LogP contribution is -2.33. The van der Waals surface area contributed by atoms with E-state index < -0.39 is 0 Å². The van der Waals surface area contributed by atoms with Crippen LogP contribution in [0, 0.1) is 6.92 Å². The van der Waals surface area contributed by atoms with Crippen molar-refractivity contribution in [1.29, 1.82) is 0 Å². The van der Waals surface area contributed by atoms with Crippen molar-refractivity contribution in [2.45, 2.75) is 46.1 Å². The van der Waals surface area contributed by atoms with Gasteiger partial charge in [0, 0.05) is 31.1 Å². The van der Waals surface area contributed by atoms with E-state index in [0.717, 1.165) is 37.6 Å². The molecule has 0 fully saturated rings. The molecule has 1 aromatic rings. The van der Waals surface area contributed by atoms with Gasteiger partial charge in [-0.25, -0.2) is 4.98 Å². The second-order valence-corrected chi connectivity index (χ2v) is 5.26. The number of nitrogens with zero attached hydrogens (tertiary/aromatic N) is 1. The molecule has 98 valence electrons. The molecular formula is C13H24N2OS. The van der Waals surface area contributed by atoms with Crippen LogP contribution in [0.15, 0.2) is 5.38 Å². The first kappa shape index (κ1) is 14.6. The summed E-state index contributed by atoms with van der Waals surface area (Å²) in [6.07, 6.45) is 3.24. The molecule has 0 saturated heterocycles. The van der Waals surface area contributed by atoms with Crippen molar-refractivity contribution in [3.05, 3.63) is 16.1 Å². The molecule has 0 amide bonds. The molecule has 1 aromatic heterocycles. The molecule has 0 aliphatic carbocycles. The number of hydrogen-bond acceptors (Lipinski definition) is 4. The zero-order valence-electron chi connectivity index (χ0n) is 11.2. The van der Waals surface area contributed by atoms with E-state index in [2.05, 4.69) is 29.5 Å².